The summed E-state index contributed by atoms with van der Waals surface area (Å²) in [5, 5.41) is 2.84. The van der Waals surface area contributed by atoms with E-state index >= 15 is 0 Å². The zero-order chi connectivity index (χ0) is 22.4. The Bertz CT molecular complexity index is 1170. The number of anilines is 2. The highest BCUT2D eigenvalue weighted by Gasteiger charge is 2.22. The van der Waals surface area contributed by atoms with Crippen molar-refractivity contribution in [1.29, 1.82) is 0 Å². The van der Waals surface area contributed by atoms with Crippen LogP contribution in [0.5, 0.6) is 0 Å². The molecule has 3 aromatic carbocycles. The number of aryl methyl sites for hydroxylation is 1. The second-order valence-electron chi connectivity index (χ2n) is 7.02. The number of para-hydroxylation sites is 1. The van der Waals surface area contributed by atoms with Crippen molar-refractivity contribution in [3.05, 3.63) is 88.4 Å². The Balaban J connectivity index is 1.68. The van der Waals surface area contributed by atoms with Gasteiger partial charge in [0.15, 0.2) is 0 Å². The number of benzene rings is 3. The number of thioether (sulfide) groups is 1. The third-order valence-corrected chi connectivity index (χ3v) is 7.40. The van der Waals surface area contributed by atoms with Gasteiger partial charge >= 0.3 is 0 Å². The van der Waals surface area contributed by atoms with E-state index in [4.69, 9.17) is 0 Å². The highest BCUT2D eigenvalue weighted by atomic mass is 79.9. The lowest BCUT2D eigenvalue weighted by Gasteiger charge is -2.23. The number of carbonyl (C=O) groups is 1. The van der Waals surface area contributed by atoms with E-state index in [2.05, 4.69) is 33.4 Å². The highest BCUT2D eigenvalue weighted by Crippen LogP contribution is 2.28. The number of nitrogens with one attached hydrogen (secondary N) is 1. The van der Waals surface area contributed by atoms with Gasteiger partial charge in [0, 0.05) is 20.8 Å². The second-order valence-corrected chi connectivity index (χ2v) is 10.8. The predicted molar refractivity (Wildman–Crippen MR) is 132 cm³/mol. The fourth-order valence-electron chi connectivity index (χ4n) is 2.99. The first-order chi connectivity index (χ1) is 14.7. The lowest BCUT2D eigenvalue weighted by molar-refractivity contribution is -0.114. The molecule has 5 nitrogen and oxygen atoms in total. The van der Waals surface area contributed by atoms with Crippen LogP contribution in [0.2, 0.25) is 0 Å². The minimum atomic E-state index is -3.64. The van der Waals surface area contributed by atoms with Crippen molar-refractivity contribution in [3.63, 3.8) is 0 Å². The zero-order valence-corrected chi connectivity index (χ0v) is 20.4. The van der Waals surface area contributed by atoms with Crippen LogP contribution in [-0.2, 0) is 20.6 Å². The summed E-state index contributed by atoms with van der Waals surface area (Å²) < 4.78 is 26.3. The summed E-state index contributed by atoms with van der Waals surface area (Å²) in [7, 11) is -3.64. The Morgan fingerprint density at radius 3 is 2.35 bits per heavy atom. The van der Waals surface area contributed by atoms with Crippen molar-refractivity contribution in [3.8, 4) is 0 Å². The van der Waals surface area contributed by atoms with Crippen molar-refractivity contribution in [2.75, 3.05) is 22.4 Å². The van der Waals surface area contributed by atoms with E-state index in [-0.39, 0.29) is 6.54 Å². The van der Waals surface area contributed by atoms with Gasteiger partial charge in [0.2, 0.25) is 15.9 Å². The van der Waals surface area contributed by atoms with Crippen molar-refractivity contribution >= 4 is 55.0 Å². The van der Waals surface area contributed by atoms with E-state index in [9.17, 15) is 13.2 Å². The molecule has 0 fully saturated rings. The summed E-state index contributed by atoms with van der Waals surface area (Å²) in [6, 6.07) is 22.9. The fraction of sp³-hybridized carbons (Fsp3) is 0.174. The lowest BCUT2D eigenvalue weighted by atomic mass is 10.1. The van der Waals surface area contributed by atoms with Crippen LogP contribution in [0.25, 0.3) is 0 Å². The number of amides is 1. The molecule has 0 aromatic heterocycles. The number of sulfonamides is 1. The summed E-state index contributed by atoms with van der Waals surface area (Å²) >= 11 is 5.10. The summed E-state index contributed by atoms with van der Waals surface area (Å²) in [6.45, 7) is 1.61. The number of nitrogens with zero attached hydrogens (tertiary/aromatic N) is 1. The van der Waals surface area contributed by atoms with Gasteiger partial charge in [-0.1, -0.05) is 42.5 Å². The molecule has 0 atom stereocenters. The third-order valence-electron chi connectivity index (χ3n) is 4.52. The zero-order valence-electron chi connectivity index (χ0n) is 17.2. The molecule has 0 unspecified atom stereocenters. The largest absolute Gasteiger partial charge is 0.324 e. The van der Waals surface area contributed by atoms with Gasteiger partial charge in [-0.15, -0.1) is 11.8 Å². The molecule has 0 saturated heterocycles. The quantitative estimate of drug-likeness (QED) is 0.402. The van der Waals surface area contributed by atoms with Gasteiger partial charge in [-0.25, -0.2) is 8.42 Å². The van der Waals surface area contributed by atoms with Gasteiger partial charge in [0.1, 0.15) is 6.54 Å². The van der Waals surface area contributed by atoms with E-state index in [0.29, 0.717) is 15.8 Å². The fourth-order valence-corrected chi connectivity index (χ4v) is 5.34. The minimum absolute atomic E-state index is 0.313. The number of halogens is 1. The minimum Gasteiger partial charge on any atom is -0.324 e. The van der Waals surface area contributed by atoms with Gasteiger partial charge in [0.25, 0.3) is 0 Å². The van der Waals surface area contributed by atoms with Crippen LogP contribution in [-0.4, -0.2) is 27.1 Å². The van der Waals surface area contributed by atoms with E-state index in [1.165, 1.54) is 4.90 Å². The molecule has 0 aliphatic rings. The molecule has 0 heterocycles. The maximum atomic E-state index is 12.7. The average molecular weight is 519 g/mol. The first-order valence-corrected chi connectivity index (χ1v) is 13.2. The Morgan fingerprint density at radius 1 is 1.03 bits per heavy atom. The van der Waals surface area contributed by atoms with Crippen molar-refractivity contribution < 1.29 is 13.2 Å². The Kier molecular flexibility index (Phi) is 7.80. The molecule has 162 valence electrons. The number of carbonyl (C=O) groups excluding carboxylic acids is 1. The first kappa shape index (κ1) is 23.4. The number of hydrogen-bond acceptors (Lipinski definition) is 4. The molecule has 0 radical (unpaired) electrons. The normalized spacial score (nSPS) is 11.2. The van der Waals surface area contributed by atoms with Crippen molar-refractivity contribution in [1.82, 2.24) is 0 Å². The molecular formula is C23H23BrN2O3S2. The van der Waals surface area contributed by atoms with Crippen LogP contribution in [0, 0.1) is 6.92 Å². The van der Waals surface area contributed by atoms with Crippen molar-refractivity contribution in [2.45, 2.75) is 17.6 Å². The van der Waals surface area contributed by atoms with Crippen LogP contribution in [0.15, 0.2) is 82.2 Å². The summed E-state index contributed by atoms with van der Waals surface area (Å²) in [6.07, 6.45) is 1.09. The molecule has 0 aliphatic carbocycles. The van der Waals surface area contributed by atoms with E-state index < -0.39 is 15.9 Å². The molecule has 31 heavy (non-hydrogen) atoms. The average Bonchev–Trinajstić information content (AvgIpc) is 2.73. The molecule has 3 rings (SSSR count). The van der Waals surface area contributed by atoms with Crippen LogP contribution >= 0.6 is 27.7 Å². The topological polar surface area (TPSA) is 66.5 Å². The summed E-state index contributed by atoms with van der Waals surface area (Å²) in [5.41, 5.74) is 3.16. The van der Waals surface area contributed by atoms with E-state index in [0.717, 1.165) is 27.4 Å². The van der Waals surface area contributed by atoms with Gasteiger partial charge in [0.05, 0.1) is 11.9 Å². The highest BCUT2D eigenvalue weighted by molar-refractivity contribution is 9.10. The molecule has 0 spiro atoms. The summed E-state index contributed by atoms with van der Waals surface area (Å²) in [4.78, 5) is 13.9. The molecule has 0 bridgehead atoms. The molecule has 3 aromatic rings. The van der Waals surface area contributed by atoms with Crippen LogP contribution in [0.3, 0.4) is 0 Å². The maximum Gasteiger partial charge on any atom is 0.245 e. The predicted octanol–water partition coefficient (Wildman–Crippen LogP) is 5.45. The number of hydrogen-bond donors (Lipinski definition) is 1. The standard InChI is InChI=1S/C23H23BrN2O3S2/c1-17-14-18(16-30-19-8-4-3-5-9-19)12-13-21(17)25-23(27)15-26(31(2,28)29)22-11-7-6-10-20(22)24/h3-14H,15-16H2,1-2H3,(H,25,27). The van der Waals surface area contributed by atoms with Crippen LogP contribution in [0.1, 0.15) is 11.1 Å². The second kappa shape index (κ2) is 10.3. The molecule has 0 aliphatic heterocycles. The van der Waals surface area contributed by atoms with E-state index in [1.807, 2.05) is 43.3 Å². The van der Waals surface area contributed by atoms with Gasteiger partial charge in [-0.3, -0.25) is 9.10 Å². The number of rotatable bonds is 8. The van der Waals surface area contributed by atoms with Crippen LogP contribution < -0.4 is 9.62 Å². The van der Waals surface area contributed by atoms with Crippen molar-refractivity contribution in [2.24, 2.45) is 0 Å². The van der Waals surface area contributed by atoms with Crippen LogP contribution in [0.4, 0.5) is 11.4 Å². The smallest absolute Gasteiger partial charge is 0.245 e. The SMILES string of the molecule is Cc1cc(CSc2ccccc2)ccc1NC(=O)CN(c1ccccc1Br)S(C)(=O)=O. The molecule has 1 N–H and O–H groups in total. The van der Waals surface area contributed by atoms with E-state index in [1.54, 1.807) is 36.0 Å². The Hall–Kier alpha value is -2.29. The molecule has 0 saturated carbocycles. The third kappa shape index (κ3) is 6.59. The van der Waals surface area contributed by atoms with Gasteiger partial charge < -0.3 is 5.32 Å². The summed E-state index contributed by atoms with van der Waals surface area (Å²) in [5.74, 6) is 0.416. The lowest BCUT2D eigenvalue weighted by Crippen LogP contribution is -2.37. The van der Waals surface area contributed by atoms with Gasteiger partial charge in [-0.2, -0.15) is 0 Å². The Labute approximate surface area is 196 Å². The molecule has 1 amide bonds. The Morgan fingerprint density at radius 2 is 1.71 bits per heavy atom. The monoisotopic (exact) mass is 518 g/mol. The molecular weight excluding hydrogens is 496 g/mol. The van der Waals surface area contributed by atoms with Gasteiger partial charge in [-0.05, 0) is 64.3 Å². The molecule has 8 heteroatoms. The maximum absolute atomic E-state index is 12.7. The first-order valence-electron chi connectivity index (χ1n) is 9.53.